The Kier molecular flexibility index (Phi) is 2.67. The number of hydrogen-bond donors (Lipinski definition) is 2. The predicted octanol–water partition coefficient (Wildman–Crippen LogP) is 2.54. The maximum absolute atomic E-state index is 13.6. The molecule has 3 nitrogen and oxygen atoms in total. The maximum Gasteiger partial charge on any atom is 0.148 e. The number of methoxy groups -OCH3 is 1. The fraction of sp³-hybridized carbons (Fsp3) is 0.200. The van der Waals surface area contributed by atoms with Crippen molar-refractivity contribution in [2.24, 2.45) is 5.73 Å². The minimum atomic E-state index is -0.322. The van der Waals surface area contributed by atoms with Crippen LogP contribution in [-0.2, 0) is 6.54 Å². The summed E-state index contributed by atoms with van der Waals surface area (Å²) in [5, 5.41) is 0.699. The molecule has 5 heteroatoms. The Morgan fingerprint density at radius 3 is 2.87 bits per heavy atom. The molecular formula is C10H10BrFN2O. The lowest BCUT2D eigenvalue weighted by Gasteiger charge is -2.04. The number of nitrogens with two attached hydrogens (primary N) is 1. The molecule has 1 aromatic heterocycles. The molecule has 2 aromatic rings. The van der Waals surface area contributed by atoms with E-state index >= 15 is 0 Å². The van der Waals surface area contributed by atoms with Crippen LogP contribution in [0.15, 0.2) is 16.6 Å². The van der Waals surface area contributed by atoms with Gasteiger partial charge in [-0.25, -0.2) is 4.39 Å². The van der Waals surface area contributed by atoms with Gasteiger partial charge in [0, 0.05) is 17.6 Å². The highest BCUT2D eigenvalue weighted by molar-refractivity contribution is 9.10. The Labute approximate surface area is 94.5 Å². The SMILES string of the molecule is COc1c(Br)cc(F)c2[nH]c(CN)cc12. The van der Waals surface area contributed by atoms with Gasteiger partial charge in [0.15, 0.2) is 0 Å². The molecule has 0 fully saturated rings. The molecule has 0 unspecified atom stereocenters. The van der Waals surface area contributed by atoms with Crippen LogP contribution < -0.4 is 10.5 Å². The summed E-state index contributed by atoms with van der Waals surface area (Å²) in [5.74, 6) is 0.291. The summed E-state index contributed by atoms with van der Waals surface area (Å²) in [6.07, 6.45) is 0. The molecule has 15 heavy (non-hydrogen) atoms. The van der Waals surface area contributed by atoms with Gasteiger partial charge in [0.25, 0.3) is 0 Å². The van der Waals surface area contributed by atoms with E-state index in [1.54, 1.807) is 13.2 Å². The van der Waals surface area contributed by atoms with Crippen molar-refractivity contribution in [2.75, 3.05) is 7.11 Å². The quantitative estimate of drug-likeness (QED) is 0.883. The van der Waals surface area contributed by atoms with Gasteiger partial charge in [-0.2, -0.15) is 0 Å². The average molecular weight is 273 g/mol. The van der Waals surface area contributed by atoms with E-state index in [0.29, 0.717) is 27.7 Å². The van der Waals surface area contributed by atoms with Crippen molar-refractivity contribution in [3.05, 3.63) is 28.1 Å². The van der Waals surface area contributed by atoms with Crippen molar-refractivity contribution in [3.8, 4) is 5.75 Å². The molecule has 3 N–H and O–H groups in total. The topological polar surface area (TPSA) is 51.0 Å². The minimum absolute atomic E-state index is 0.322. The molecule has 0 bridgehead atoms. The first kappa shape index (κ1) is 10.4. The molecule has 0 aliphatic heterocycles. The summed E-state index contributed by atoms with van der Waals surface area (Å²) in [5.41, 5.74) is 6.69. The molecule has 1 heterocycles. The van der Waals surface area contributed by atoms with Crippen LogP contribution in [-0.4, -0.2) is 12.1 Å². The van der Waals surface area contributed by atoms with Crippen molar-refractivity contribution in [2.45, 2.75) is 6.54 Å². The van der Waals surface area contributed by atoms with Crippen molar-refractivity contribution in [1.29, 1.82) is 0 Å². The van der Waals surface area contributed by atoms with E-state index in [9.17, 15) is 4.39 Å². The molecule has 0 spiro atoms. The summed E-state index contributed by atoms with van der Waals surface area (Å²) >= 11 is 3.25. The van der Waals surface area contributed by atoms with Crippen LogP contribution in [0.25, 0.3) is 10.9 Å². The number of H-pyrrole nitrogens is 1. The predicted molar refractivity (Wildman–Crippen MR) is 60.4 cm³/mol. The first-order valence-corrected chi connectivity index (χ1v) is 5.20. The zero-order valence-corrected chi connectivity index (χ0v) is 9.69. The van der Waals surface area contributed by atoms with Crippen molar-refractivity contribution >= 4 is 26.8 Å². The van der Waals surface area contributed by atoms with E-state index in [0.717, 1.165) is 5.69 Å². The fourth-order valence-electron chi connectivity index (χ4n) is 1.57. The molecule has 1 aromatic carbocycles. The van der Waals surface area contributed by atoms with Gasteiger partial charge in [0.1, 0.15) is 11.6 Å². The molecule has 2 rings (SSSR count). The average Bonchev–Trinajstić information content (AvgIpc) is 2.62. The largest absolute Gasteiger partial charge is 0.495 e. The van der Waals surface area contributed by atoms with E-state index in [1.807, 2.05) is 0 Å². The Bertz CT molecular complexity index is 510. The van der Waals surface area contributed by atoms with E-state index in [-0.39, 0.29) is 5.82 Å². The highest BCUT2D eigenvalue weighted by Gasteiger charge is 2.13. The third kappa shape index (κ3) is 1.61. The molecule has 0 saturated heterocycles. The van der Waals surface area contributed by atoms with Crippen LogP contribution in [0, 0.1) is 5.82 Å². The second-order valence-electron chi connectivity index (χ2n) is 3.16. The number of fused-ring (bicyclic) bond motifs is 1. The number of hydrogen-bond acceptors (Lipinski definition) is 2. The zero-order valence-electron chi connectivity index (χ0n) is 8.10. The van der Waals surface area contributed by atoms with E-state index in [4.69, 9.17) is 10.5 Å². The van der Waals surface area contributed by atoms with Crippen LogP contribution in [0.5, 0.6) is 5.75 Å². The Balaban J connectivity index is 2.81. The van der Waals surface area contributed by atoms with Gasteiger partial charge in [-0.05, 0) is 28.1 Å². The van der Waals surface area contributed by atoms with Crippen molar-refractivity contribution < 1.29 is 9.13 Å². The molecule has 0 aliphatic carbocycles. The van der Waals surface area contributed by atoms with Crippen molar-refractivity contribution in [1.82, 2.24) is 4.98 Å². The second-order valence-corrected chi connectivity index (χ2v) is 4.02. The second kappa shape index (κ2) is 3.83. The highest BCUT2D eigenvalue weighted by atomic mass is 79.9. The summed E-state index contributed by atoms with van der Waals surface area (Å²) in [7, 11) is 1.55. The number of halogens is 2. The monoisotopic (exact) mass is 272 g/mol. The minimum Gasteiger partial charge on any atom is -0.495 e. The number of aromatic amines is 1. The van der Waals surface area contributed by atoms with Crippen LogP contribution >= 0.6 is 15.9 Å². The molecular weight excluding hydrogens is 263 g/mol. The van der Waals surface area contributed by atoms with Crippen LogP contribution in [0.2, 0.25) is 0 Å². The Morgan fingerprint density at radius 1 is 1.53 bits per heavy atom. The lowest BCUT2D eigenvalue weighted by atomic mass is 10.2. The number of benzene rings is 1. The van der Waals surface area contributed by atoms with Gasteiger partial charge in [0.2, 0.25) is 0 Å². The van der Waals surface area contributed by atoms with Gasteiger partial charge >= 0.3 is 0 Å². The van der Waals surface area contributed by atoms with Crippen LogP contribution in [0.4, 0.5) is 4.39 Å². The first-order chi connectivity index (χ1) is 7.17. The Morgan fingerprint density at radius 2 is 2.27 bits per heavy atom. The lowest BCUT2D eigenvalue weighted by Crippen LogP contribution is -1.95. The molecule has 0 atom stereocenters. The van der Waals surface area contributed by atoms with Gasteiger partial charge in [0.05, 0.1) is 17.1 Å². The Hall–Kier alpha value is -1.07. The summed E-state index contributed by atoms with van der Waals surface area (Å²) in [4.78, 5) is 2.91. The van der Waals surface area contributed by atoms with E-state index in [1.165, 1.54) is 6.07 Å². The number of rotatable bonds is 2. The van der Waals surface area contributed by atoms with Gasteiger partial charge in [-0.15, -0.1) is 0 Å². The third-order valence-corrected chi connectivity index (χ3v) is 2.84. The molecule has 0 saturated carbocycles. The smallest absolute Gasteiger partial charge is 0.148 e. The molecule has 0 radical (unpaired) electrons. The standard InChI is InChI=1S/C10H10BrFN2O/c1-15-10-6-2-5(4-13)14-9(6)8(12)3-7(10)11/h2-3,14H,4,13H2,1H3. The van der Waals surface area contributed by atoms with Gasteiger partial charge in [-0.1, -0.05) is 0 Å². The fourth-order valence-corrected chi connectivity index (χ4v) is 2.15. The maximum atomic E-state index is 13.6. The molecule has 0 aliphatic rings. The van der Waals surface area contributed by atoms with Crippen LogP contribution in [0.1, 0.15) is 5.69 Å². The number of nitrogens with one attached hydrogen (secondary N) is 1. The summed E-state index contributed by atoms with van der Waals surface area (Å²) in [6, 6.07) is 3.17. The van der Waals surface area contributed by atoms with Gasteiger partial charge in [-0.3, -0.25) is 0 Å². The summed E-state index contributed by atoms with van der Waals surface area (Å²) in [6.45, 7) is 0.342. The third-order valence-electron chi connectivity index (χ3n) is 2.25. The van der Waals surface area contributed by atoms with Crippen molar-refractivity contribution in [3.63, 3.8) is 0 Å². The number of ether oxygens (including phenoxy) is 1. The molecule has 80 valence electrons. The van der Waals surface area contributed by atoms with Gasteiger partial charge < -0.3 is 15.5 Å². The van der Waals surface area contributed by atoms with E-state index in [2.05, 4.69) is 20.9 Å². The zero-order chi connectivity index (χ0) is 11.0. The van der Waals surface area contributed by atoms with Crippen LogP contribution in [0.3, 0.4) is 0 Å². The molecule has 0 amide bonds. The van der Waals surface area contributed by atoms with E-state index < -0.39 is 0 Å². The normalized spacial score (nSPS) is 10.9. The lowest BCUT2D eigenvalue weighted by molar-refractivity contribution is 0.416. The summed E-state index contributed by atoms with van der Waals surface area (Å²) < 4.78 is 19.3. The highest BCUT2D eigenvalue weighted by Crippen LogP contribution is 2.35. The first-order valence-electron chi connectivity index (χ1n) is 4.41. The number of aromatic nitrogens is 1.